The summed E-state index contributed by atoms with van der Waals surface area (Å²) in [7, 11) is 0. The first-order valence-corrected chi connectivity index (χ1v) is 15.8. The van der Waals surface area contributed by atoms with E-state index in [0.29, 0.717) is 29.2 Å². The molecule has 0 spiro atoms. The van der Waals surface area contributed by atoms with E-state index in [9.17, 15) is 28.3 Å². The molecule has 1 unspecified atom stereocenters. The minimum absolute atomic E-state index is 0.123. The Morgan fingerprint density at radius 2 is 1.79 bits per heavy atom. The van der Waals surface area contributed by atoms with Crippen LogP contribution in [0.15, 0.2) is 60.9 Å². The second-order valence-electron chi connectivity index (χ2n) is 12.6. The highest BCUT2D eigenvalue weighted by atomic mass is 19.1. The number of benzene rings is 2. The molecule has 4 aromatic rings. The highest BCUT2D eigenvalue weighted by molar-refractivity contribution is 6.04. The fourth-order valence-electron chi connectivity index (χ4n) is 5.76. The Labute approximate surface area is 272 Å². The molecule has 2 aromatic carbocycles. The summed E-state index contributed by atoms with van der Waals surface area (Å²) in [6, 6.07) is 11.3. The van der Waals surface area contributed by atoms with Gasteiger partial charge < -0.3 is 26.0 Å². The highest BCUT2D eigenvalue weighted by Gasteiger charge is 2.23. The molecule has 1 aliphatic rings. The molecule has 3 amide bonds. The fourth-order valence-corrected chi connectivity index (χ4v) is 5.76. The van der Waals surface area contributed by atoms with Crippen molar-refractivity contribution in [2.24, 2.45) is 5.92 Å². The van der Waals surface area contributed by atoms with E-state index < -0.39 is 29.0 Å². The third kappa shape index (κ3) is 8.01. The topological polar surface area (TPSA) is 128 Å². The van der Waals surface area contributed by atoms with E-state index in [1.165, 1.54) is 54.1 Å². The summed E-state index contributed by atoms with van der Waals surface area (Å²) in [6.07, 6.45) is 6.49. The molecule has 5 rings (SSSR count). The zero-order valence-electron chi connectivity index (χ0n) is 26.8. The molecule has 248 valence electrons. The van der Waals surface area contributed by atoms with Gasteiger partial charge in [-0.3, -0.25) is 18.8 Å². The molecule has 1 saturated heterocycles. The number of aromatic nitrogens is 2. The molecule has 1 atom stereocenters. The summed E-state index contributed by atoms with van der Waals surface area (Å²) < 4.78 is 31.1. The third-order valence-electron chi connectivity index (χ3n) is 8.40. The van der Waals surface area contributed by atoms with Gasteiger partial charge in [0.25, 0.3) is 17.7 Å². The molecular weight excluding hydrogens is 606 g/mol. The number of aliphatic hydroxyl groups is 1. The predicted molar refractivity (Wildman–Crippen MR) is 175 cm³/mol. The number of hydrogen-bond acceptors (Lipinski definition) is 6. The van der Waals surface area contributed by atoms with Crippen LogP contribution in [0, 0.1) is 17.6 Å². The number of nitrogens with one attached hydrogen (secondary N) is 3. The van der Waals surface area contributed by atoms with Gasteiger partial charge in [0.05, 0.1) is 29.6 Å². The van der Waals surface area contributed by atoms with Crippen LogP contribution in [0.4, 0.5) is 14.5 Å². The first kappa shape index (κ1) is 33.7. The van der Waals surface area contributed by atoms with E-state index in [4.69, 9.17) is 0 Å². The maximum Gasteiger partial charge on any atom is 0.274 e. The number of rotatable bonds is 12. The number of fused-ring (bicyclic) bond motifs is 1. The van der Waals surface area contributed by atoms with Crippen LogP contribution in [0.1, 0.15) is 71.2 Å². The SMILES string of the molecule is CCCC1CCN(CCNC(=O)c2ccc(F)c(NC(=O)c3cnc4cc(-c5ccc(C(=O)NC(C)(C)CO)c(F)c5)ccn34)c2)C1. The van der Waals surface area contributed by atoms with Crippen LogP contribution < -0.4 is 16.0 Å². The molecule has 2 aromatic heterocycles. The number of imidazole rings is 1. The van der Waals surface area contributed by atoms with Crippen LogP contribution in [0.2, 0.25) is 0 Å². The molecule has 1 aliphatic heterocycles. The fraction of sp³-hybridized carbons (Fsp3) is 0.371. The number of anilines is 1. The summed E-state index contributed by atoms with van der Waals surface area (Å²) in [5, 5.41) is 17.4. The van der Waals surface area contributed by atoms with Crippen molar-refractivity contribution in [3.8, 4) is 11.1 Å². The number of pyridine rings is 1. The lowest BCUT2D eigenvalue weighted by Crippen LogP contribution is -2.46. The van der Waals surface area contributed by atoms with Crippen LogP contribution in [0.5, 0.6) is 0 Å². The summed E-state index contributed by atoms with van der Waals surface area (Å²) in [6.45, 7) is 8.40. The van der Waals surface area contributed by atoms with Crippen molar-refractivity contribution in [1.29, 1.82) is 0 Å². The van der Waals surface area contributed by atoms with E-state index in [1.807, 2.05) is 0 Å². The van der Waals surface area contributed by atoms with Crippen LogP contribution in [0.3, 0.4) is 0 Å². The average Bonchev–Trinajstić information content (AvgIpc) is 3.68. The van der Waals surface area contributed by atoms with Gasteiger partial charge in [0.15, 0.2) is 0 Å². The molecule has 10 nitrogen and oxygen atoms in total. The lowest BCUT2D eigenvalue weighted by molar-refractivity contribution is 0.0864. The number of amides is 3. The maximum atomic E-state index is 14.9. The molecule has 0 bridgehead atoms. The summed E-state index contributed by atoms with van der Waals surface area (Å²) in [5.74, 6) is -2.35. The number of likely N-dealkylation sites (tertiary alicyclic amines) is 1. The normalized spacial score (nSPS) is 15.1. The first-order valence-electron chi connectivity index (χ1n) is 15.8. The number of aliphatic hydroxyl groups excluding tert-OH is 1. The Hall–Kier alpha value is -4.68. The van der Waals surface area contributed by atoms with Crippen LogP contribution in [-0.4, -0.2) is 75.4 Å². The molecule has 0 saturated carbocycles. The van der Waals surface area contributed by atoms with Crippen molar-refractivity contribution in [2.45, 2.75) is 45.6 Å². The molecule has 3 heterocycles. The van der Waals surface area contributed by atoms with Gasteiger partial charge in [0, 0.05) is 31.4 Å². The van der Waals surface area contributed by atoms with Crippen LogP contribution in [-0.2, 0) is 0 Å². The lowest BCUT2D eigenvalue weighted by atomic mass is 10.0. The van der Waals surface area contributed by atoms with Crippen molar-refractivity contribution >= 4 is 29.1 Å². The highest BCUT2D eigenvalue weighted by Crippen LogP contribution is 2.25. The minimum atomic E-state index is -0.910. The number of carbonyl (C=O) groups excluding carboxylic acids is 3. The van der Waals surface area contributed by atoms with Gasteiger partial charge in [-0.05, 0) is 92.7 Å². The molecule has 12 heteroatoms. The minimum Gasteiger partial charge on any atom is -0.394 e. The Morgan fingerprint density at radius 3 is 2.53 bits per heavy atom. The molecular formula is C35H40F2N6O4. The Kier molecular flexibility index (Phi) is 10.3. The molecule has 4 N–H and O–H groups in total. The average molecular weight is 647 g/mol. The Morgan fingerprint density at radius 1 is 1.00 bits per heavy atom. The summed E-state index contributed by atoms with van der Waals surface area (Å²) >= 11 is 0. The van der Waals surface area contributed by atoms with E-state index in [2.05, 4.69) is 32.8 Å². The lowest BCUT2D eigenvalue weighted by Gasteiger charge is -2.23. The first-order chi connectivity index (χ1) is 22.5. The van der Waals surface area contributed by atoms with Gasteiger partial charge >= 0.3 is 0 Å². The van der Waals surface area contributed by atoms with Crippen LogP contribution in [0.25, 0.3) is 16.8 Å². The second kappa shape index (κ2) is 14.4. The monoisotopic (exact) mass is 646 g/mol. The number of hydrogen-bond donors (Lipinski definition) is 4. The smallest absolute Gasteiger partial charge is 0.274 e. The van der Waals surface area contributed by atoms with Crippen molar-refractivity contribution < 1.29 is 28.3 Å². The van der Waals surface area contributed by atoms with E-state index in [-0.39, 0.29) is 35.0 Å². The van der Waals surface area contributed by atoms with Crippen molar-refractivity contribution in [1.82, 2.24) is 24.9 Å². The van der Waals surface area contributed by atoms with Gasteiger partial charge in [-0.15, -0.1) is 0 Å². The van der Waals surface area contributed by atoms with Crippen molar-refractivity contribution in [3.63, 3.8) is 0 Å². The number of nitrogens with zero attached hydrogens (tertiary/aromatic N) is 3. The number of carbonyl (C=O) groups is 3. The standard InChI is InChI=1S/C35H40F2N6O4/c1-4-5-22-10-13-42(20-22)15-12-38-32(45)25-7-9-27(36)29(17-25)40-34(47)30-19-39-31-18-24(11-14-43(30)31)23-6-8-26(28(37)16-23)33(46)41-35(2,3)21-44/h6-9,11,14,16-19,22,44H,4-5,10,12-13,15,20-21H2,1-3H3,(H,38,45)(H,40,47)(H,41,46). The van der Waals surface area contributed by atoms with E-state index in [0.717, 1.165) is 25.7 Å². The van der Waals surface area contributed by atoms with Gasteiger partial charge in [-0.25, -0.2) is 13.8 Å². The largest absolute Gasteiger partial charge is 0.394 e. The van der Waals surface area contributed by atoms with E-state index in [1.54, 1.807) is 38.2 Å². The van der Waals surface area contributed by atoms with Crippen LogP contribution >= 0.6 is 0 Å². The summed E-state index contributed by atoms with van der Waals surface area (Å²) in [5.41, 5.74) is 0.590. The van der Waals surface area contributed by atoms with Crippen molar-refractivity contribution in [3.05, 3.63) is 89.4 Å². The molecule has 0 aliphatic carbocycles. The molecule has 1 fully saturated rings. The molecule has 0 radical (unpaired) electrons. The second-order valence-corrected chi connectivity index (χ2v) is 12.6. The Bertz CT molecular complexity index is 1790. The number of halogens is 2. The third-order valence-corrected chi connectivity index (χ3v) is 8.40. The molecule has 47 heavy (non-hydrogen) atoms. The van der Waals surface area contributed by atoms with Crippen molar-refractivity contribution in [2.75, 3.05) is 38.1 Å². The van der Waals surface area contributed by atoms with Gasteiger partial charge in [0.2, 0.25) is 0 Å². The van der Waals surface area contributed by atoms with E-state index >= 15 is 0 Å². The van der Waals surface area contributed by atoms with Gasteiger partial charge in [-0.1, -0.05) is 19.4 Å². The zero-order valence-corrected chi connectivity index (χ0v) is 26.8. The quantitative estimate of drug-likeness (QED) is 0.174. The predicted octanol–water partition coefficient (Wildman–Crippen LogP) is 4.88. The van der Waals surface area contributed by atoms with Gasteiger partial charge in [-0.2, -0.15) is 0 Å². The Balaban J connectivity index is 1.23. The zero-order chi connectivity index (χ0) is 33.7. The van der Waals surface area contributed by atoms with Gasteiger partial charge in [0.1, 0.15) is 23.0 Å². The summed E-state index contributed by atoms with van der Waals surface area (Å²) in [4.78, 5) is 45.1. The maximum absolute atomic E-state index is 14.9.